The van der Waals surface area contributed by atoms with Crippen molar-refractivity contribution in [3.63, 3.8) is 0 Å². The summed E-state index contributed by atoms with van der Waals surface area (Å²) >= 11 is 0. The molecule has 1 N–H and O–H groups in total. The molecule has 118 valence electrons. The van der Waals surface area contributed by atoms with Crippen molar-refractivity contribution in [1.29, 1.82) is 0 Å². The normalized spacial score (nSPS) is 11.0. The zero-order chi connectivity index (χ0) is 16.4. The van der Waals surface area contributed by atoms with Gasteiger partial charge in [-0.1, -0.05) is 12.1 Å². The van der Waals surface area contributed by atoms with E-state index in [0.29, 0.717) is 17.1 Å². The minimum atomic E-state index is -0.188. The average Bonchev–Trinajstić information content (AvgIpc) is 3.16. The molecule has 2 heterocycles. The highest BCUT2D eigenvalue weighted by atomic mass is 16.1. The average molecular weight is 311 g/mol. The van der Waals surface area contributed by atoms with E-state index in [1.165, 1.54) is 4.80 Å². The van der Waals surface area contributed by atoms with Crippen molar-refractivity contribution in [3.8, 4) is 11.4 Å². The van der Waals surface area contributed by atoms with E-state index in [-0.39, 0.29) is 11.9 Å². The number of hydrogen-bond acceptors (Lipinski definition) is 5. The van der Waals surface area contributed by atoms with Gasteiger partial charge >= 0.3 is 0 Å². The standard InChI is InChI=1S/C15H17N7O/c1-10(2)22-9-13(8-16-22)17-15(23)12-6-4-11(5-7-12)14-18-20-21(3)19-14/h4-10H,1-3H3,(H,17,23). The van der Waals surface area contributed by atoms with Gasteiger partial charge < -0.3 is 5.32 Å². The lowest BCUT2D eigenvalue weighted by Gasteiger charge is -2.04. The molecule has 0 aliphatic carbocycles. The van der Waals surface area contributed by atoms with Crippen LogP contribution >= 0.6 is 0 Å². The molecular formula is C15H17N7O. The second-order valence-electron chi connectivity index (χ2n) is 5.44. The van der Waals surface area contributed by atoms with Crippen LogP contribution in [0.3, 0.4) is 0 Å². The smallest absolute Gasteiger partial charge is 0.255 e. The van der Waals surface area contributed by atoms with Gasteiger partial charge in [-0.2, -0.15) is 9.90 Å². The number of aromatic nitrogens is 6. The van der Waals surface area contributed by atoms with E-state index < -0.39 is 0 Å². The van der Waals surface area contributed by atoms with Gasteiger partial charge in [0.15, 0.2) is 0 Å². The Morgan fingerprint density at radius 1 is 1.22 bits per heavy atom. The summed E-state index contributed by atoms with van der Waals surface area (Å²) in [6, 6.07) is 7.30. The van der Waals surface area contributed by atoms with E-state index in [1.54, 1.807) is 48.4 Å². The van der Waals surface area contributed by atoms with Gasteiger partial charge in [-0.15, -0.1) is 10.2 Å². The van der Waals surface area contributed by atoms with Crippen LogP contribution in [0, 0.1) is 0 Å². The van der Waals surface area contributed by atoms with Crippen molar-refractivity contribution in [2.24, 2.45) is 7.05 Å². The highest BCUT2D eigenvalue weighted by molar-refractivity contribution is 6.04. The predicted molar refractivity (Wildman–Crippen MR) is 84.8 cm³/mol. The van der Waals surface area contributed by atoms with Crippen LogP contribution < -0.4 is 5.32 Å². The largest absolute Gasteiger partial charge is 0.319 e. The Bertz CT molecular complexity index is 816. The minimum Gasteiger partial charge on any atom is -0.319 e. The number of carbonyl (C=O) groups excluding carboxylic acids is 1. The Hall–Kier alpha value is -3.03. The molecule has 0 radical (unpaired) electrons. The molecule has 1 aromatic carbocycles. The molecular weight excluding hydrogens is 294 g/mol. The molecule has 0 bridgehead atoms. The first-order valence-electron chi connectivity index (χ1n) is 7.23. The number of nitrogens with one attached hydrogen (secondary N) is 1. The Morgan fingerprint density at radius 3 is 2.52 bits per heavy atom. The molecule has 3 aromatic rings. The summed E-state index contributed by atoms with van der Waals surface area (Å²) in [5.74, 6) is 0.338. The molecule has 0 spiro atoms. The predicted octanol–water partition coefficient (Wildman–Crippen LogP) is 1.91. The summed E-state index contributed by atoms with van der Waals surface area (Å²) in [6.45, 7) is 4.05. The Kier molecular flexibility index (Phi) is 3.88. The number of aryl methyl sites for hydroxylation is 1. The number of nitrogens with zero attached hydrogens (tertiary/aromatic N) is 6. The molecule has 0 aliphatic rings. The lowest BCUT2D eigenvalue weighted by atomic mass is 10.1. The third-order valence-corrected chi connectivity index (χ3v) is 3.30. The summed E-state index contributed by atoms with van der Waals surface area (Å²) in [5, 5.41) is 18.9. The Balaban J connectivity index is 1.72. The van der Waals surface area contributed by atoms with Crippen molar-refractivity contribution < 1.29 is 4.79 Å². The Morgan fingerprint density at radius 2 is 1.96 bits per heavy atom. The lowest BCUT2D eigenvalue weighted by molar-refractivity contribution is 0.102. The molecule has 0 fully saturated rings. The first-order valence-corrected chi connectivity index (χ1v) is 7.23. The first kappa shape index (κ1) is 14.9. The van der Waals surface area contributed by atoms with Crippen LogP contribution in [0.5, 0.6) is 0 Å². The fourth-order valence-corrected chi connectivity index (χ4v) is 2.06. The van der Waals surface area contributed by atoms with Gasteiger partial charge in [-0.25, -0.2) is 0 Å². The Labute approximate surface area is 133 Å². The van der Waals surface area contributed by atoms with E-state index in [9.17, 15) is 4.79 Å². The van der Waals surface area contributed by atoms with Crippen molar-refractivity contribution in [2.45, 2.75) is 19.9 Å². The molecule has 0 aliphatic heterocycles. The van der Waals surface area contributed by atoms with Crippen LogP contribution in [0.1, 0.15) is 30.2 Å². The molecule has 0 saturated heterocycles. The number of hydrogen-bond donors (Lipinski definition) is 1. The number of tetrazole rings is 1. The van der Waals surface area contributed by atoms with E-state index in [4.69, 9.17) is 0 Å². The topological polar surface area (TPSA) is 90.5 Å². The van der Waals surface area contributed by atoms with Crippen LogP contribution in [0.25, 0.3) is 11.4 Å². The zero-order valence-corrected chi connectivity index (χ0v) is 13.1. The molecule has 23 heavy (non-hydrogen) atoms. The van der Waals surface area contributed by atoms with Crippen molar-refractivity contribution in [1.82, 2.24) is 30.0 Å². The maximum atomic E-state index is 12.2. The molecule has 8 nitrogen and oxygen atoms in total. The maximum absolute atomic E-state index is 12.2. The fourth-order valence-electron chi connectivity index (χ4n) is 2.06. The van der Waals surface area contributed by atoms with E-state index in [1.807, 2.05) is 13.8 Å². The van der Waals surface area contributed by atoms with Crippen molar-refractivity contribution in [2.75, 3.05) is 5.32 Å². The van der Waals surface area contributed by atoms with E-state index >= 15 is 0 Å². The van der Waals surface area contributed by atoms with Gasteiger partial charge in [-0.3, -0.25) is 9.48 Å². The molecule has 0 atom stereocenters. The second-order valence-corrected chi connectivity index (χ2v) is 5.44. The molecule has 1 amide bonds. The van der Waals surface area contributed by atoms with Crippen molar-refractivity contribution in [3.05, 3.63) is 42.2 Å². The van der Waals surface area contributed by atoms with Crippen molar-refractivity contribution >= 4 is 11.6 Å². The molecule has 0 unspecified atom stereocenters. The number of carbonyl (C=O) groups is 1. The number of anilines is 1. The van der Waals surface area contributed by atoms with Crippen LogP contribution in [0.2, 0.25) is 0 Å². The van der Waals surface area contributed by atoms with Gasteiger partial charge in [0.25, 0.3) is 5.91 Å². The third-order valence-electron chi connectivity index (χ3n) is 3.30. The van der Waals surface area contributed by atoms with E-state index in [0.717, 1.165) is 5.56 Å². The minimum absolute atomic E-state index is 0.188. The maximum Gasteiger partial charge on any atom is 0.255 e. The fraction of sp³-hybridized carbons (Fsp3) is 0.267. The van der Waals surface area contributed by atoms with Gasteiger partial charge in [0.1, 0.15) is 0 Å². The highest BCUT2D eigenvalue weighted by Gasteiger charge is 2.10. The third kappa shape index (κ3) is 3.25. The quantitative estimate of drug-likeness (QED) is 0.794. The molecule has 2 aromatic heterocycles. The van der Waals surface area contributed by atoms with Gasteiger partial charge in [0, 0.05) is 23.4 Å². The van der Waals surface area contributed by atoms with Gasteiger partial charge in [0.05, 0.1) is 18.9 Å². The van der Waals surface area contributed by atoms with Gasteiger partial charge in [-0.05, 0) is 31.2 Å². The molecule has 0 saturated carbocycles. The lowest BCUT2D eigenvalue weighted by Crippen LogP contribution is -2.11. The van der Waals surface area contributed by atoms with Gasteiger partial charge in [0.2, 0.25) is 5.82 Å². The number of amides is 1. The van der Waals surface area contributed by atoms with Crippen LogP contribution in [0.4, 0.5) is 5.69 Å². The first-order chi connectivity index (χ1) is 11.0. The second kappa shape index (κ2) is 5.99. The SMILES string of the molecule is CC(C)n1cc(NC(=O)c2ccc(-c3nnn(C)n3)cc2)cn1. The zero-order valence-electron chi connectivity index (χ0n) is 13.1. The summed E-state index contributed by atoms with van der Waals surface area (Å²) in [4.78, 5) is 13.6. The van der Waals surface area contributed by atoms with Crippen LogP contribution in [-0.2, 0) is 7.05 Å². The summed E-state index contributed by atoms with van der Waals surface area (Å²) in [7, 11) is 1.70. The number of rotatable bonds is 4. The monoisotopic (exact) mass is 311 g/mol. The van der Waals surface area contributed by atoms with Crippen LogP contribution in [-0.4, -0.2) is 35.9 Å². The summed E-state index contributed by atoms with van der Waals surface area (Å²) < 4.78 is 1.79. The summed E-state index contributed by atoms with van der Waals surface area (Å²) in [5.41, 5.74) is 2.03. The number of benzene rings is 1. The molecule has 8 heteroatoms. The van der Waals surface area contributed by atoms with E-state index in [2.05, 4.69) is 25.8 Å². The highest BCUT2D eigenvalue weighted by Crippen LogP contribution is 2.16. The summed E-state index contributed by atoms with van der Waals surface area (Å²) in [6.07, 6.45) is 3.44. The van der Waals surface area contributed by atoms with Crippen LogP contribution in [0.15, 0.2) is 36.7 Å². The molecule has 3 rings (SSSR count).